The maximum Gasteiger partial charge on any atom is 0.574 e. The zero-order valence-electron chi connectivity index (χ0n) is 9.39. The molecule has 0 aliphatic rings. The Balaban J connectivity index is 3.78. The van der Waals surface area contributed by atoms with Crippen molar-refractivity contribution in [1.82, 2.24) is 4.98 Å². The largest absolute Gasteiger partial charge is 0.574 e. The summed E-state index contributed by atoms with van der Waals surface area (Å²) in [6.45, 7) is 0. The van der Waals surface area contributed by atoms with Gasteiger partial charge in [0.05, 0.1) is 0 Å². The summed E-state index contributed by atoms with van der Waals surface area (Å²) in [5.41, 5.74) is -2.78. The smallest absolute Gasteiger partial charge is 0.387 e. The highest BCUT2D eigenvalue weighted by molar-refractivity contribution is 9.08. The second kappa shape index (κ2) is 5.80. The molecule has 1 aromatic heterocycles. The molecule has 0 saturated heterocycles. The number of pyridine rings is 1. The monoisotopic (exact) mass is 421 g/mol. The number of hydrogen-bond donors (Lipinski definition) is 0. The number of halogens is 8. The number of ether oxygens (including phenoxy) is 1. The Morgan fingerprint density at radius 2 is 1.76 bits per heavy atom. The molecule has 0 atom stereocenters. The first-order valence-electron chi connectivity index (χ1n) is 4.63. The van der Waals surface area contributed by atoms with Crippen LogP contribution < -0.4 is 4.74 Å². The lowest BCUT2D eigenvalue weighted by molar-refractivity contribution is -0.278. The van der Waals surface area contributed by atoms with Gasteiger partial charge in [0.15, 0.2) is 0 Å². The summed E-state index contributed by atoms with van der Waals surface area (Å²) < 4.78 is 101. The Labute approximate surface area is 126 Å². The van der Waals surface area contributed by atoms with Crippen LogP contribution in [0.2, 0.25) is 0 Å². The minimum Gasteiger partial charge on any atom is -0.387 e. The van der Waals surface area contributed by atoms with Crippen LogP contribution in [0.25, 0.3) is 0 Å². The standard InChI is InChI=1S/C8H3BrClF6NO3S/c9-1-3-2-17-6(20-8(14,15)16)4(7(11,12)13)5(3)21(10,18)19/h2H,1H2. The van der Waals surface area contributed by atoms with Crippen molar-refractivity contribution in [1.29, 1.82) is 0 Å². The van der Waals surface area contributed by atoms with Crippen molar-refractivity contribution < 1.29 is 39.5 Å². The van der Waals surface area contributed by atoms with E-state index in [0.717, 1.165) is 0 Å². The van der Waals surface area contributed by atoms with Crippen molar-refractivity contribution >= 4 is 35.7 Å². The van der Waals surface area contributed by atoms with Gasteiger partial charge in [-0.1, -0.05) is 15.9 Å². The molecule has 0 fully saturated rings. The molecule has 1 rings (SSSR count). The third kappa shape index (κ3) is 4.61. The van der Waals surface area contributed by atoms with Crippen LogP contribution in [0.1, 0.15) is 11.1 Å². The Bertz CT molecular complexity index is 645. The topological polar surface area (TPSA) is 56.3 Å². The Morgan fingerprint density at radius 3 is 2.10 bits per heavy atom. The van der Waals surface area contributed by atoms with Gasteiger partial charge in [-0.15, -0.1) is 13.2 Å². The molecule has 0 aliphatic heterocycles. The summed E-state index contributed by atoms with van der Waals surface area (Å²) in [7, 11) is -0.119. The Morgan fingerprint density at radius 1 is 1.24 bits per heavy atom. The van der Waals surface area contributed by atoms with Crippen molar-refractivity contribution in [3.8, 4) is 5.88 Å². The molecule has 0 unspecified atom stereocenters. The van der Waals surface area contributed by atoms with Crippen LogP contribution in [0.4, 0.5) is 26.3 Å². The van der Waals surface area contributed by atoms with Gasteiger partial charge in [-0.2, -0.15) is 13.2 Å². The Hall–Kier alpha value is -0.750. The molecular weight excluding hydrogens is 420 g/mol. The highest BCUT2D eigenvalue weighted by Gasteiger charge is 2.45. The molecule has 13 heteroatoms. The average Bonchev–Trinajstić information content (AvgIpc) is 2.23. The van der Waals surface area contributed by atoms with Crippen LogP contribution >= 0.6 is 26.6 Å². The normalized spacial score (nSPS) is 13.3. The fourth-order valence-electron chi connectivity index (χ4n) is 1.33. The number of aromatic nitrogens is 1. The average molecular weight is 423 g/mol. The van der Waals surface area contributed by atoms with E-state index in [-0.39, 0.29) is 0 Å². The van der Waals surface area contributed by atoms with Crippen molar-refractivity contribution in [3.05, 3.63) is 17.3 Å². The summed E-state index contributed by atoms with van der Waals surface area (Å²) in [6.07, 6.45) is -10.5. The van der Waals surface area contributed by atoms with Crippen molar-refractivity contribution in [3.63, 3.8) is 0 Å². The minimum atomic E-state index is -5.49. The molecule has 120 valence electrons. The number of nitrogens with zero attached hydrogens (tertiary/aromatic N) is 1. The lowest BCUT2D eigenvalue weighted by Crippen LogP contribution is -2.23. The molecule has 0 spiro atoms. The summed E-state index contributed by atoms with van der Waals surface area (Å²) >= 11 is 2.69. The molecule has 0 radical (unpaired) electrons. The van der Waals surface area contributed by atoms with Crippen LogP contribution in [-0.4, -0.2) is 19.8 Å². The van der Waals surface area contributed by atoms with Crippen LogP contribution in [0.3, 0.4) is 0 Å². The maximum atomic E-state index is 12.9. The van der Waals surface area contributed by atoms with Crippen LogP contribution in [0.5, 0.6) is 5.88 Å². The van der Waals surface area contributed by atoms with Crippen LogP contribution in [0.15, 0.2) is 11.1 Å². The van der Waals surface area contributed by atoms with Gasteiger partial charge in [-0.3, -0.25) is 0 Å². The van der Waals surface area contributed by atoms with Gasteiger partial charge in [0.25, 0.3) is 9.05 Å². The Kier molecular flexibility index (Phi) is 5.05. The minimum absolute atomic E-state index is 0.434. The van der Waals surface area contributed by atoms with Crippen molar-refractivity contribution in [2.24, 2.45) is 0 Å². The SMILES string of the molecule is O=S(=O)(Cl)c1c(CBr)cnc(OC(F)(F)F)c1C(F)(F)F. The zero-order chi connectivity index (χ0) is 16.6. The fraction of sp³-hybridized carbons (Fsp3) is 0.375. The van der Waals surface area contributed by atoms with E-state index in [1.165, 1.54) is 0 Å². The molecule has 0 saturated carbocycles. The van der Waals surface area contributed by atoms with Gasteiger partial charge in [0.1, 0.15) is 10.5 Å². The number of alkyl halides is 7. The fourth-order valence-corrected chi connectivity index (χ4v) is 3.35. The van der Waals surface area contributed by atoms with Crippen LogP contribution in [0, 0.1) is 0 Å². The second-order valence-electron chi connectivity index (χ2n) is 3.41. The van der Waals surface area contributed by atoms with E-state index in [9.17, 15) is 34.8 Å². The molecule has 1 heterocycles. The highest BCUT2D eigenvalue weighted by atomic mass is 79.9. The van der Waals surface area contributed by atoms with Gasteiger partial charge in [-0.05, 0) is 0 Å². The van der Waals surface area contributed by atoms with Gasteiger partial charge in [0.2, 0.25) is 5.88 Å². The quantitative estimate of drug-likeness (QED) is 0.422. The van der Waals surface area contributed by atoms with Crippen molar-refractivity contribution in [2.45, 2.75) is 22.8 Å². The van der Waals surface area contributed by atoms with E-state index in [1.807, 2.05) is 0 Å². The third-order valence-corrected chi connectivity index (χ3v) is 3.97. The van der Waals surface area contributed by atoms with E-state index in [1.54, 1.807) is 0 Å². The predicted octanol–water partition coefficient (Wildman–Crippen LogP) is 3.82. The van der Waals surface area contributed by atoms with E-state index >= 15 is 0 Å². The van der Waals surface area contributed by atoms with E-state index in [0.29, 0.717) is 6.20 Å². The molecule has 0 aromatic carbocycles. The molecule has 0 aliphatic carbocycles. The lowest BCUT2D eigenvalue weighted by Gasteiger charge is -2.18. The lowest BCUT2D eigenvalue weighted by atomic mass is 10.2. The summed E-state index contributed by atoms with van der Waals surface area (Å²) in [6, 6.07) is 0. The molecule has 4 nitrogen and oxygen atoms in total. The predicted molar refractivity (Wildman–Crippen MR) is 61.6 cm³/mol. The highest BCUT2D eigenvalue weighted by Crippen LogP contribution is 2.43. The first kappa shape index (κ1) is 18.3. The van der Waals surface area contributed by atoms with Gasteiger partial charge in [0, 0.05) is 27.8 Å². The number of hydrogen-bond acceptors (Lipinski definition) is 4. The van der Waals surface area contributed by atoms with E-state index in [2.05, 4.69) is 25.7 Å². The number of rotatable bonds is 3. The molecule has 0 amide bonds. The van der Waals surface area contributed by atoms with E-state index in [4.69, 9.17) is 10.7 Å². The molecule has 1 aromatic rings. The summed E-state index contributed by atoms with van der Waals surface area (Å²) in [5, 5.41) is -0.434. The van der Waals surface area contributed by atoms with Gasteiger partial charge >= 0.3 is 12.5 Å². The third-order valence-electron chi connectivity index (χ3n) is 1.95. The van der Waals surface area contributed by atoms with Crippen molar-refractivity contribution in [2.75, 3.05) is 0 Å². The first-order valence-corrected chi connectivity index (χ1v) is 8.06. The van der Waals surface area contributed by atoms with Crippen LogP contribution in [-0.2, 0) is 20.6 Å². The molecule has 0 bridgehead atoms. The first-order chi connectivity index (χ1) is 9.27. The zero-order valence-corrected chi connectivity index (χ0v) is 12.5. The molecule has 21 heavy (non-hydrogen) atoms. The summed E-state index contributed by atoms with van der Waals surface area (Å²) in [4.78, 5) is 1.32. The van der Waals surface area contributed by atoms with Gasteiger partial charge in [-0.25, -0.2) is 13.4 Å². The van der Waals surface area contributed by atoms with E-state index < -0.39 is 48.8 Å². The second-order valence-corrected chi connectivity index (χ2v) is 6.47. The maximum absolute atomic E-state index is 12.9. The summed E-state index contributed by atoms with van der Waals surface area (Å²) in [5.74, 6) is -1.95. The molecule has 0 N–H and O–H groups in total. The van der Waals surface area contributed by atoms with Gasteiger partial charge < -0.3 is 4.74 Å². The molecular formula is C8H3BrClF6NO3S.